The largest absolute Gasteiger partial charge is 0.478 e. The third kappa shape index (κ3) is 3.45. The molecule has 1 unspecified atom stereocenters. The van der Waals surface area contributed by atoms with E-state index < -0.39 is 5.97 Å². The van der Waals surface area contributed by atoms with Gasteiger partial charge in [0.05, 0.1) is 11.7 Å². The van der Waals surface area contributed by atoms with Crippen LogP contribution in [0.1, 0.15) is 23.7 Å². The fraction of sp³-hybridized carbons (Fsp3) is 0.500. The van der Waals surface area contributed by atoms with Crippen LogP contribution in [0, 0.1) is 0 Å². The van der Waals surface area contributed by atoms with Gasteiger partial charge in [0.1, 0.15) is 5.00 Å². The molecule has 1 aliphatic rings. The molecule has 104 valence electrons. The quantitative estimate of drug-likeness (QED) is 0.871. The maximum absolute atomic E-state index is 12.1. The van der Waals surface area contributed by atoms with E-state index in [1.165, 1.54) is 17.4 Å². The van der Waals surface area contributed by atoms with Crippen LogP contribution in [0.25, 0.3) is 0 Å². The van der Waals surface area contributed by atoms with E-state index in [2.05, 4.69) is 5.32 Å². The predicted octanol–water partition coefficient (Wildman–Crippen LogP) is 2.09. The Hall–Kier alpha value is -1.60. The number of carbonyl (C=O) groups excluding carboxylic acids is 1. The lowest BCUT2D eigenvalue weighted by atomic mass is 10.3. The highest BCUT2D eigenvalue weighted by molar-refractivity contribution is 7.14. The van der Waals surface area contributed by atoms with Crippen LogP contribution in [0.2, 0.25) is 0 Å². The van der Waals surface area contributed by atoms with E-state index in [4.69, 9.17) is 9.84 Å². The van der Waals surface area contributed by atoms with E-state index in [1.54, 1.807) is 10.3 Å². The number of ether oxygens (including phenoxy) is 1. The maximum Gasteiger partial charge on any atom is 0.338 e. The SMILES string of the molecule is CC1CN(C(=O)Nc2sccc2C(=O)O)CCCO1. The van der Waals surface area contributed by atoms with Crippen LogP contribution in [0.4, 0.5) is 9.80 Å². The number of nitrogens with one attached hydrogen (secondary N) is 1. The lowest BCUT2D eigenvalue weighted by Crippen LogP contribution is -2.39. The van der Waals surface area contributed by atoms with Crippen molar-refractivity contribution in [2.75, 3.05) is 25.0 Å². The zero-order valence-corrected chi connectivity index (χ0v) is 11.4. The number of amides is 2. The maximum atomic E-state index is 12.1. The lowest BCUT2D eigenvalue weighted by molar-refractivity contribution is 0.0697. The molecule has 0 aliphatic carbocycles. The number of rotatable bonds is 2. The van der Waals surface area contributed by atoms with E-state index in [1.807, 2.05) is 6.92 Å². The van der Waals surface area contributed by atoms with Crippen molar-refractivity contribution in [1.82, 2.24) is 4.90 Å². The molecular formula is C12H16N2O4S. The second kappa shape index (κ2) is 6.03. The molecule has 0 bridgehead atoms. The number of hydrogen-bond donors (Lipinski definition) is 2. The molecule has 7 heteroatoms. The van der Waals surface area contributed by atoms with Gasteiger partial charge in [-0.1, -0.05) is 0 Å². The summed E-state index contributed by atoms with van der Waals surface area (Å²) >= 11 is 1.21. The van der Waals surface area contributed by atoms with Crippen LogP contribution in [0.3, 0.4) is 0 Å². The second-order valence-electron chi connectivity index (χ2n) is 4.38. The molecule has 1 aromatic rings. The van der Waals surface area contributed by atoms with Gasteiger partial charge in [-0.3, -0.25) is 5.32 Å². The van der Waals surface area contributed by atoms with Crippen molar-refractivity contribution in [2.45, 2.75) is 19.4 Å². The minimum absolute atomic E-state index is 0.00414. The molecule has 0 aromatic carbocycles. The number of urea groups is 1. The Balaban J connectivity index is 2.03. The van der Waals surface area contributed by atoms with E-state index in [0.717, 1.165) is 6.42 Å². The first-order chi connectivity index (χ1) is 9.08. The molecule has 1 atom stereocenters. The van der Waals surface area contributed by atoms with Gasteiger partial charge < -0.3 is 14.7 Å². The summed E-state index contributed by atoms with van der Waals surface area (Å²) in [7, 11) is 0. The third-order valence-corrected chi connectivity index (χ3v) is 3.69. The minimum Gasteiger partial charge on any atom is -0.478 e. The Labute approximate surface area is 115 Å². The second-order valence-corrected chi connectivity index (χ2v) is 5.30. The lowest BCUT2D eigenvalue weighted by Gasteiger charge is -2.22. The van der Waals surface area contributed by atoms with Crippen LogP contribution >= 0.6 is 11.3 Å². The van der Waals surface area contributed by atoms with Gasteiger partial charge in [0.2, 0.25) is 0 Å². The van der Waals surface area contributed by atoms with Gasteiger partial charge in [-0.05, 0) is 24.8 Å². The van der Waals surface area contributed by atoms with Crippen molar-refractivity contribution in [1.29, 1.82) is 0 Å². The topological polar surface area (TPSA) is 78.9 Å². The van der Waals surface area contributed by atoms with Gasteiger partial charge in [0, 0.05) is 19.7 Å². The smallest absolute Gasteiger partial charge is 0.338 e. The molecule has 1 aromatic heterocycles. The summed E-state index contributed by atoms with van der Waals surface area (Å²) in [4.78, 5) is 24.7. The van der Waals surface area contributed by atoms with Gasteiger partial charge in [0.15, 0.2) is 0 Å². The molecule has 1 saturated heterocycles. The summed E-state index contributed by atoms with van der Waals surface area (Å²) in [6.07, 6.45) is 0.782. The highest BCUT2D eigenvalue weighted by Crippen LogP contribution is 2.23. The molecule has 0 radical (unpaired) electrons. The summed E-state index contributed by atoms with van der Waals surface area (Å²) in [5.41, 5.74) is 0.123. The number of aromatic carboxylic acids is 1. The summed E-state index contributed by atoms with van der Waals surface area (Å²) < 4.78 is 5.47. The average molecular weight is 284 g/mol. The number of carbonyl (C=O) groups is 2. The number of thiophene rings is 1. The van der Waals surface area contributed by atoms with Crippen LogP contribution < -0.4 is 5.32 Å². The Morgan fingerprint density at radius 1 is 1.58 bits per heavy atom. The van der Waals surface area contributed by atoms with Crippen molar-refractivity contribution in [2.24, 2.45) is 0 Å². The van der Waals surface area contributed by atoms with Crippen molar-refractivity contribution in [3.8, 4) is 0 Å². The van der Waals surface area contributed by atoms with Crippen molar-refractivity contribution >= 4 is 28.3 Å². The van der Waals surface area contributed by atoms with Crippen LogP contribution in [0.5, 0.6) is 0 Å². The summed E-state index contributed by atoms with van der Waals surface area (Å²) in [6.45, 7) is 3.69. The van der Waals surface area contributed by atoms with Crippen molar-refractivity contribution < 1.29 is 19.4 Å². The summed E-state index contributed by atoms with van der Waals surface area (Å²) in [5, 5.41) is 13.7. The van der Waals surface area contributed by atoms with Gasteiger partial charge in [-0.15, -0.1) is 11.3 Å². The average Bonchev–Trinajstić information content (AvgIpc) is 2.70. The normalized spacial score (nSPS) is 19.8. The Kier molecular flexibility index (Phi) is 4.39. The summed E-state index contributed by atoms with van der Waals surface area (Å²) in [6, 6.07) is 1.21. The highest BCUT2D eigenvalue weighted by atomic mass is 32.1. The molecule has 0 saturated carbocycles. The van der Waals surface area contributed by atoms with Crippen molar-refractivity contribution in [3.63, 3.8) is 0 Å². The van der Waals surface area contributed by atoms with E-state index in [9.17, 15) is 9.59 Å². The van der Waals surface area contributed by atoms with Gasteiger partial charge in [-0.25, -0.2) is 9.59 Å². The molecule has 2 rings (SSSR count). The first-order valence-corrected chi connectivity index (χ1v) is 6.94. The van der Waals surface area contributed by atoms with Crippen molar-refractivity contribution in [3.05, 3.63) is 17.0 Å². The van der Waals surface area contributed by atoms with Gasteiger partial charge in [0.25, 0.3) is 0 Å². The molecule has 6 nitrogen and oxygen atoms in total. The van der Waals surface area contributed by atoms with E-state index >= 15 is 0 Å². The highest BCUT2D eigenvalue weighted by Gasteiger charge is 2.21. The van der Waals surface area contributed by atoms with E-state index in [0.29, 0.717) is 24.7 Å². The van der Waals surface area contributed by atoms with E-state index in [-0.39, 0.29) is 17.7 Å². The first kappa shape index (κ1) is 13.8. The van der Waals surface area contributed by atoms with Gasteiger partial charge in [-0.2, -0.15) is 0 Å². The zero-order chi connectivity index (χ0) is 13.8. The molecule has 2 amide bonds. The first-order valence-electron chi connectivity index (χ1n) is 6.06. The zero-order valence-electron chi connectivity index (χ0n) is 10.6. The fourth-order valence-corrected chi connectivity index (χ4v) is 2.70. The predicted molar refractivity (Wildman–Crippen MR) is 71.9 cm³/mol. The number of carboxylic acids is 1. The molecule has 2 N–H and O–H groups in total. The minimum atomic E-state index is -1.04. The van der Waals surface area contributed by atoms with Crippen LogP contribution in [0.15, 0.2) is 11.4 Å². The molecule has 19 heavy (non-hydrogen) atoms. The van der Waals surface area contributed by atoms with Crippen LogP contribution in [-0.2, 0) is 4.74 Å². The molecule has 2 heterocycles. The summed E-state index contributed by atoms with van der Waals surface area (Å²) in [5.74, 6) is -1.04. The molecular weight excluding hydrogens is 268 g/mol. The molecule has 1 fully saturated rings. The van der Waals surface area contributed by atoms with Crippen LogP contribution in [-0.4, -0.2) is 47.8 Å². The molecule has 0 spiro atoms. The Morgan fingerprint density at radius 2 is 2.37 bits per heavy atom. The standard InChI is InChI=1S/C12H16N2O4S/c1-8-7-14(4-2-5-18-8)12(17)13-10-9(11(15)16)3-6-19-10/h3,6,8H,2,4-5,7H2,1H3,(H,13,17)(H,15,16). The number of nitrogens with zero attached hydrogens (tertiary/aromatic N) is 1. The third-order valence-electron chi connectivity index (χ3n) is 2.86. The number of anilines is 1. The Bertz CT molecular complexity index is 474. The number of hydrogen-bond acceptors (Lipinski definition) is 4. The monoisotopic (exact) mass is 284 g/mol. The molecule has 1 aliphatic heterocycles. The Morgan fingerprint density at radius 3 is 3.11 bits per heavy atom. The fourth-order valence-electron chi connectivity index (χ4n) is 1.93. The number of carboxylic acid groups (broad SMARTS) is 1. The van der Waals surface area contributed by atoms with Gasteiger partial charge >= 0.3 is 12.0 Å².